The number of likely N-dealkylation sites (N-methyl/N-ethyl adjacent to an activating group) is 1. The number of rotatable bonds is 4. The molecule has 0 bridgehead atoms. The summed E-state index contributed by atoms with van der Waals surface area (Å²) in [5, 5.41) is 2.81. The molecular formula is C22H26N2O4. The van der Waals surface area contributed by atoms with E-state index >= 15 is 0 Å². The van der Waals surface area contributed by atoms with E-state index in [1.165, 1.54) is 0 Å². The quantitative estimate of drug-likeness (QED) is 0.876. The number of benzene rings is 1. The molecule has 0 saturated heterocycles. The Labute approximate surface area is 164 Å². The first-order valence-corrected chi connectivity index (χ1v) is 9.33. The standard InChI is InChI=1S/C22H26N2O4/c1-13-19-16(25)11-22(2,3)12-17(19)28-20(13)21(27)23-15-8-6-14(7-9-15)10-18(26)24(4)5/h6-9H,10-12H2,1-5H3,(H,23,27). The molecule has 2 aromatic rings. The lowest BCUT2D eigenvalue weighted by atomic mass is 9.76. The van der Waals surface area contributed by atoms with Gasteiger partial charge in [0.2, 0.25) is 5.91 Å². The molecule has 2 amide bonds. The van der Waals surface area contributed by atoms with Gasteiger partial charge in [0.25, 0.3) is 5.91 Å². The highest BCUT2D eigenvalue weighted by Gasteiger charge is 2.37. The summed E-state index contributed by atoms with van der Waals surface area (Å²) in [5.41, 5.74) is 2.46. The summed E-state index contributed by atoms with van der Waals surface area (Å²) in [6, 6.07) is 7.12. The Hall–Kier alpha value is -2.89. The Bertz CT molecular complexity index is 936. The molecule has 0 fully saturated rings. The lowest BCUT2D eigenvalue weighted by Crippen LogP contribution is -2.26. The third kappa shape index (κ3) is 4.01. The fourth-order valence-electron chi connectivity index (χ4n) is 3.53. The zero-order chi connectivity index (χ0) is 20.6. The van der Waals surface area contributed by atoms with Crippen LogP contribution in [0, 0.1) is 12.3 Å². The molecule has 148 valence electrons. The fourth-order valence-corrected chi connectivity index (χ4v) is 3.53. The van der Waals surface area contributed by atoms with Gasteiger partial charge >= 0.3 is 0 Å². The van der Waals surface area contributed by atoms with Crippen LogP contribution >= 0.6 is 0 Å². The minimum absolute atomic E-state index is 0.0150. The van der Waals surface area contributed by atoms with Crippen LogP contribution in [0.2, 0.25) is 0 Å². The highest BCUT2D eigenvalue weighted by atomic mass is 16.4. The average molecular weight is 382 g/mol. The molecule has 6 nitrogen and oxygen atoms in total. The summed E-state index contributed by atoms with van der Waals surface area (Å²) in [7, 11) is 3.43. The van der Waals surface area contributed by atoms with Crippen LogP contribution in [0.3, 0.4) is 0 Å². The van der Waals surface area contributed by atoms with Gasteiger partial charge in [-0.2, -0.15) is 0 Å². The molecule has 0 radical (unpaired) electrons. The second kappa shape index (κ2) is 7.26. The number of carbonyl (C=O) groups is 3. The second-order valence-electron chi connectivity index (χ2n) is 8.41. The Morgan fingerprint density at radius 1 is 1.14 bits per heavy atom. The van der Waals surface area contributed by atoms with Gasteiger partial charge < -0.3 is 14.6 Å². The van der Waals surface area contributed by atoms with E-state index in [0.717, 1.165) is 5.56 Å². The van der Waals surface area contributed by atoms with Crippen LogP contribution in [-0.4, -0.2) is 36.6 Å². The number of fused-ring (bicyclic) bond motifs is 1. The third-order valence-corrected chi connectivity index (χ3v) is 5.05. The molecule has 1 aromatic heterocycles. The van der Waals surface area contributed by atoms with Crippen molar-refractivity contribution in [3.63, 3.8) is 0 Å². The third-order valence-electron chi connectivity index (χ3n) is 5.05. The van der Waals surface area contributed by atoms with E-state index in [2.05, 4.69) is 5.32 Å². The van der Waals surface area contributed by atoms with Crippen LogP contribution in [0.15, 0.2) is 28.7 Å². The summed E-state index contributed by atoms with van der Waals surface area (Å²) < 4.78 is 5.80. The molecule has 1 aliphatic carbocycles. The number of nitrogens with one attached hydrogen (secondary N) is 1. The maximum Gasteiger partial charge on any atom is 0.291 e. The molecule has 1 aromatic carbocycles. The summed E-state index contributed by atoms with van der Waals surface area (Å²) in [5.74, 6) is 0.446. The highest BCUT2D eigenvalue weighted by Crippen LogP contribution is 2.38. The molecule has 0 spiro atoms. The first kappa shape index (κ1) is 19.9. The van der Waals surface area contributed by atoms with Gasteiger partial charge in [0.1, 0.15) is 5.76 Å². The summed E-state index contributed by atoms with van der Waals surface area (Å²) >= 11 is 0. The van der Waals surface area contributed by atoms with Gasteiger partial charge in [-0.25, -0.2) is 0 Å². The predicted octanol–water partition coefficient (Wildman–Crippen LogP) is 3.63. The maximum absolute atomic E-state index is 12.7. The van der Waals surface area contributed by atoms with E-state index in [4.69, 9.17) is 4.42 Å². The van der Waals surface area contributed by atoms with Crippen molar-refractivity contribution >= 4 is 23.3 Å². The fraction of sp³-hybridized carbons (Fsp3) is 0.409. The van der Waals surface area contributed by atoms with Gasteiger partial charge in [-0.15, -0.1) is 0 Å². The Morgan fingerprint density at radius 3 is 2.39 bits per heavy atom. The summed E-state index contributed by atoms with van der Waals surface area (Å²) in [6.45, 7) is 5.80. The molecule has 1 N–H and O–H groups in total. The number of hydrogen-bond donors (Lipinski definition) is 1. The van der Waals surface area contributed by atoms with Crippen molar-refractivity contribution in [1.82, 2.24) is 4.90 Å². The number of nitrogens with zero attached hydrogens (tertiary/aromatic N) is 1. The molecule has 0 unspecified atom stereocenters. The number of hydrogen-bond acceptors (Lipinski definition) is 4. The monoisotopic (exact) mass is 382 g/mol. The predicted molar refractivity (Wildman–Crippen MR) is 107 cm³/mol. The topological polar surface area (TPSA) is 79.6 Å². The SMILES string of the molecule is Cc1c(C(=O)Nc2ccc(CC(=O)N(C)C)cc2)oc2c1C(=O)CC(C)(C)C2. The Kier molecular flexibility index (Phi) is 5.15. The molecule has 0 atom stereocenters. The van der Waals surface area contributed by atoms with E-state index in [1.54, 1.807) is 38.1 Å². The zero-order valence-electron chi connectivity index (χ0n) is 17.0. The van der Waals surface area contributed by atoms with Gasteiger partial charge in [-0.3, -0.25) is 14.4 Å². The van der Waals surface area contributed by atoms with Crippen LogP contribution in [0.1, 0.15) is 58.1 Å². The van der Waals surface area contributed by atoms with Gasteiger partial charge in [0.05, 0.1) is 12.0 Å². The van der Waals surface area contributed by atoms with Crippen molar-refractivity contribution in [2.75, 3.05) is 19.4 Å². The smallest absolute Gasteiger partial charge is 0.291 e. The number of Topliss-reactive ketones (excluding diaryl/α,β-unsaturated/α-hetero) is 1. The molecule has 3 rings (SSSR count). The van der Waals surface area contributed by atoms with Gasteiger partial charge in [-0.1, -0.05) is 26.0 Å². The first-order chi connectivity index (χ1) is 13.1. The normalized spacial score (nSPS) is 15.1. The van der Waals surface area contributed by atoms with E-state index < -0.39 is 0 Å². The number of ketones is 1. The molecule has 6 heteroatoms. The van der Waals surface area contributed by atoms with E-state index in [0.29, 0.717) is 41.8 Å². The van der Waals surface area contributed by atoms with Crippen molar-refractivity contribution < 1.29 is 18.8 Å². The van der Waals surface area contributed by atoms with Gasteiger partial charge in [0.15, 0.2) is 11.5 Å². The summed E-state index contributed by atoms with van der Waals surface area (Å²) in [4.78, 5) is 38.5. The van der Waals surface area contributed by atoms with Crippen LogP contribution in [0.25, 0.3) is 0 Å². The first-order valence-electron chi connectivity index (χ1n) is 9.33. The minimum Gasteiger partial charge on any atom is -0.455 e. The van der Waals surface area contributed by atoms with Crippen LogP contribution in [0.5, 0.6) is 0 Å². The van der Waals surface area contributed by atoms with Crippen molar-refractivity contribution in [3.05, 3.63) is 52.5 Å². The van der Waals surface area contributed by atoms with Crippen molar-refractivity contribution in [1.29, 1.82) is 0 Å². The number of anilines is 1. The lowest BCUT2D eigenvalue weighted by Gasteiger charge is -2.27. The second-order valence-corrected chi connectivity index (χ2v) is 8.41. The lowest BCUT2D eigenvalue weighted by molar-refractivity contribution is -0.127. The molecule has 28 heavy (non-hydrogen) atoms. The van der Waals surface area contributed by atoms with E-state index in [-0.39, 0.29) is 28.8 Å². The van der Waals surface area contributed by atoms with E-state index in [9.17, 15) is 14.4 Å². The number of carbonyl (C=O) groups excluding carboxylic acids is 3. The van der Waals surface area contributed by atoms with Crippen LogP contribution in [0.4, 0.5) is 5.69 Å². The number of amides is 2. The van der Waals surface area contributed by atoms with Crippen LogP contribution < -0.4 is 5.32 Å². The molecule has 0 aliphatic heterocycles. The van der Waals surface area contributed by atoms with Crippen molar-refractivity contribution in [2.24, 2.45) is 5.41 Å². The van der Waals surface area contributed by atoms with Crippen molar-refractivity contribution in [2.45, 2.75) is 40.0 Å². The maximum atomic E-state index is 12.7. The van der Waals surface area contributed by atoms with Gasteiger partial charge in [-0.05, 0) is 30.0 Å². The van der Waals surface area contributed by atoms with Crippen LogP contribution in [-0.2, 0) is 17.6 Å². The zero-order valence-corrected chi connectivity index (χ0v) is 17.0. The highest BCUT2D eigenvalue weighted by molar-refractivity contribution is 6.07. The molecule has 0 saturated carbocycles. The minimum atomic E-state index is -0.380. The number of furan rings is 1. The van der Waals surface area contributed by atoms with Gasteiger partial charge in [0, 0.05) is 38.2 Å². The van der Waals surface area contributed by atoms with E-state index in [1.807, 2.05) is 26.0 Å². The molecule has 1 aliphatic rings. The largest absolute Gasteiger partial charge is 0.455 e. The van der Waals surface area contributed by atoms with Crippen molar-refractivity contribution in [3.8, 4) is 0 Å². The summed E-state index contributed by atoms with van der Waals surface area (Å²) in [6.07, 6.45) is 1.40. The Morgan fingerprint density at radius 2 is 1.79 bits per heavy atom. The molecular weight excluding hydrogens is 356 g/mol. The average Bonchev–Trinajstić information content (AvgIpc) is 2.91. The molecule has 1 heterocycles. The Balaban J connectivity index is 1.76.